The lowest BCUT2D eigenvalue weighted by Gasteiger charge is -2.38. The van der Waals surface area contributed by atoms with Gasteiger partial charge in [-0.3, -0.25) is 9.36 Å². The monoisotopic (exact) mass is 248 g/mol. The molecule has 3 rings (SSSR count). The van der Waals surface area contributed by atoms with Crippen LogP contribution in [0.4, 0.5) is 0 Å². The zero-order chi connectivity index (χ0) is 12.9. The number of hydrogen-bond acceptors (Lipinski definition) is 4. The van der Waals surface area contributed by atoms with E-state index >= 15 is 0 Å². The Labute approximate surface area is 102 Å². The summed E-state index contributed by atoms with van der Waals surface area (Å²) in [5, 5.41) is 0. The minimum Gasteiger partial charge on any atom is -0.408 e. The smallest absolute Gasteiger partial charge is 0.408 e. The zero-order valence-electron chi connectivity index (χ0n) is 9.80. The summed E-state index contributed by atoms with van der Waals surface area (Å²) in [6.07, 6.45) is 0. The molecule has 0 radical (unpaired) electrons. The normalized spacial score (nSPS) is 17.6. The van der Waals surface area contributed by atoms with Gasteiger partial charge < -0.3 is 14.9 Å². The van der Waals surface area contributed by atoms with Gasteiger partial charge >= 0.3 is 5.76 Å². The van der Waals surface area contributed by atoms with Gasteiger partial charge in [-0.2, -0.15) is 0 Å². The van der Waals surface area contributed by atoms with Gasteiger partial charge in [0.05, 0.1) is 18.7 Å². The summed E-state index contributed by atoms with van der Waals surface area (Å²) in [7, 11) is 1.63. The summed E-state index contributed by atoms with van der Waals surface area (Å²) in [5.74, 6) is -0.855. The molecule has 1 fully saturated rings. The molecule has 2 heterocycles. The van der Waals surface area contributed by atoms with Gasteiger partial charge in [0.15, 0.2) is 5.58 Å². The van der Waals surface area contributed by atoms with Crippen LogP contribution in [-0.4, -0.2) is 23.7 Å². The average molecular weight is 248 g/mol. The third-order valence-corrected chi connectivity index (χ3v) is 3.51. The van der Waals surface area contributed by atoms with Crippen LogP contribution in [0.25, 0.3) is 11.1 Å². The van der Waals surface area contributed by atoms with Crippen molar-refractivity contribution in [1.82, 2.24) is 4.57 Å². The first-order chi connectivity index (χ1) is 8.54. The number of benzene rings is 1. The Balaban J connectivity index is 2.19. The van der Waals surface area contributed by atoms with E-state index < -0.39 is 17.1 Å². The van der Waals surface area contributed by atoms with Gasteiger partial charge in [-0.25, -0.2) is 4.79 Å². The Morgan fingerprint density at radius 3 is 2.72 bits per heavy atom. The highest BCUT2D eigenvalue weighted by molar-refractivity contribution is 5.89. The number of nitrogens with two attached hydrogens (primary N) is 1. The molecule has 1 aromatic carbocycles. The molecule has 0 spiro atoms. The van der Waals surface area contributed by atoms with Crippen LogP contribution in [0.5, 0.6) is 0 Å². The van der Waals surface area contributed by atoms with Gasteiger partial charge in [0.2, 0.25) is 5.91 Å². The number of primary amides is 1. The average Bonchev–Trinajstić information content (AvgIpc) is 2.52. The van der Waals surface area contributed by atoms with Gasteiger partial charge in [0.25, 0.3) is 0 Å². The van der Waals surface area contributed by atoms with Gasteiger partial charge in [-0.1, -0.05) is 6.07 Å². The van der Waals surface area contributed by atoms with Crippen LogP contribution in [0.3, 0.4) is 0 Å². The van der Waals surface area contributed by atoms with Gasteiger partial charge in [-0.05, 0) is 17.7 Å². The molecule has 6 heteroatoms. The number of carbonyl (C=O) groups excluding carboxylic acids is 1. The predicted molar refractivity (Wildman–Crippen MR) is 63.1 cm³/mol. The van der Waals surface area contributed by atoms with Crippen LogP contribution >= 0.6 is 0 Å². The Morgan fingerprint density at radius 1 is 1.44 bits per heavy atom. The number of amides is 1. The van der Waals surface area contributed by atoms with Crippen molar-refractivity contribution >= 4 is 17.0 Å². The van der Waals surface area contributed by atoms with E-state index in [1.807, 2.05) is 0 Å². The van der Waals surface area contributed by atoms with Crippen molar-refractivity contribution in [3.05, 3.63) is 34.3 Å². The summed E-state index contributed by atoms with van der Waals surface area (Å²) in [5.41, 5.74) is 6.50. The fourth-order valence-corrected chi connectivity index (χ4v) is 2.19. The number of carbonyl (C=O) groups is 1. The number of rotatable bonds is 2. The first kappa shape index (κ1) is 11.0. The molecule has 2 N–H and O–H groups in total. The van der Waals surface area contributed by atoms with Crippen LogP contribution in [-0.2, 0) is 22.0 Å². The second kappa shape index (κ2) is 3.46. The molecule has 18 heavy (non-hydrogen) atoms. The molecule has 94 valence electrons. The second-order valence-corrected chi connectivity index (χ2v) is 4.55. The number of fused-ring (bicyclic) bond motifs is 1. The molecule has 1 amide bonds. The largest absolute Gasteiger partial charge is 0.419 e. The van der Waals surface area contributed by atoms with E-state index in [-0.39, 0.29) is 13.2 Å². The van der Waals surface area contributed by atoms with Gasteiger partial charge in [-0.15, -0.1) is 0 Å². The molecule has 1 aliphatic rings. The van der Waals surface area contributed by atoms with Crippen molar-refractivity contribution in [3.8, 4) is 0 Å². The maximum atomic E-state index is 11.6. The summed E-state index contributed by atoms with van der Waals surface area (Å²) < 4.78 is 11.6. The van der Waals surface area contributed by atoms with E-state index in [0.29, 0.717) is 11.1 Å². The van der Waals surface area contributed by atoms with E-state index in [9.17, 15) is 9.59 Å². The minimum absolute atomic E-state index is 0.269. The molecule has 1 saturated heterocycles. The number of aromatic nitrogens is 1. The van der Waals surface area contributed by atoms with E-state index in [4.69, 9.17) is 14.9 Å². The van der Waals surface area contributed by atoms with E-state index in [0.717, 1.165) is 5.56 Å². The van der Waals surface area contributed by atoms with Gasteiger partial charge in [0.1, 0.15) is 5.41 Å². The first-order valence-corrected chi connectivity index (χ1v) is 5.52. The molecule has 1 aromatic heterocycles. The lowest BCUT2D eigenvalue weighted by Crippen LogP contribution is -2.56. The van der Waals surface area contributed by atoms with Crippen molar-refractivity contribution in [2.75, 3.05) is 13.2 Å². The maximum absolute atomic E-state index is 11.6. The number of hydrogen-bond donors (Lipinski definition) is 1. The van der Waals surface area contributed by atoms with Crippen LogP contribution in [0.15, 0.2) is 27.4 Å². The quantitative estimate of drug-likeness (QED) is 0.802. The fraction of sp³-hybridized carbons (Fsp3) is 0.333. The van der Waals surface area contributed by atoms with E-state index in [1.165, 1.54) is 4.57 Å². The molecule has 0 bridgehead atoms. The fourth-order valence-electron chi connectivity index (χ4n) is 2.19. The predicted octanol–water partition coefficient (Wildman–Crippen LogP) is -0.115. The van der Waals surface area contributed by atoms with Crippen molar-refractivity contribution in [2.24, 2.45) is 12.8 Å². The Hall–Kier alpha value is -2.08. The van der Waals surface area contributed by atoms with Crippen LogP contribution < -0.4 is 11.5 Å². The molecule has 1 aliphatic heterocycles. The van der Waals surface area contributed by atoms with E-state index in [2.05, 4.69) is 0 Å². The van der Waals surface area contributed by atoms with Crippen LogP contribution in [0.1, 0.15) is 5.56 Å². The molecular formula is C12H12N2O4. The lowest BCUT2D eigenvalue weighted by atomic mass is 9.78. The molecule has 2 aromatic rings. The second-order valence-electron chi connectivity index (χ2n) is 4.55. The standard InChI is InChI=1S/C12H12N2O4/c1-14-8-3-2-7(4-9(8)18-11(14)16)12(10(13)15)5-17-6-12/h2-4H,5-6H2,1H3,(H2,13,15). The molecule has 0 atom stereocenters. The molecule has 0 aliphatic carbocycles. The summed E-state index contributed by atoms with van der Waals surface area (Å²) >= 11 is 0. The Kier molecular flexibility index (Phi) is 2.12. The SMILES string of the molecule is Cn1c(=O)oc2cc(C3(C(N)=O)COC3)ccc21. The molecule has 0 saturated carbocycles. The molecular weight excluding hydrogens is 236 g/mol. The molecule has 0 unspecified atom stereocenters. The first-order valence-electron chi connectivity index (χ1n) is 5.52. The Morgan fingerprint density at radius 2 is 2.17 bits per heavy atom. The van der Waals surface area contributed by atoms with Gasteiger partial charge in [0, 0.05) is 7.05 Å². The number of aryl methyl sites for hydroxylation is 1. The summed E-state index contributed by atoms with van der Waals surface area (Å²) in [6.45, 7) is 0.538. The number of ether oxygens (including phenoxy) is 1. The van der Waals surface area contributed by atoms with E-state index in [1.54, 1.807) is 25.2 Å². The van der Waals surface area contributed by atoms with Crippen molar-refractivity contribution in [3.63, 3.8) is 0 Å². The third kappa shape index (κ3) is 1.26. The highest BCUT2D eigenvalue weighted by Crippen LogP contribution is 2.33. The van der Waals surface area contributed by atoms with Crippen LogP contribution in [0.2, 0.25) is 0 Å². The highest BCUT2D eigenvalue weighted by atomic mass is 16.5. The van der Waals surface area contributed by atoms with Crippen molar-refractivity contribution in [1.29, 1.82) is 0 Å². The lowest BCUT2D eigenvalue weighted by molar-refractivity contribution is -0.141. The minimum atomic E-state index is -0.789. The molecule has 6 nitrogen and oxygen atoms in total. The summed E-state index contributed by atoms with van der Waals surface area (Å²) in [6, 6.07) is 5.22. The van der Waals surface area contributed by atoms with Crippen LogP contribution in [0, 0.1) is 0 Å². The third-order valence-electron chi connectivity index (χ3n) is 3.51. The van der Waals surface area contributed by atoms with Crippen molar-refractivity contribution in [2.45, 2.75) is 5.41 Å². The Bertz CT molecular complexity index is 694. The highest BCUT2D eigenvalue weighted by Gasteiger charge is 2.46. The number of nitrogens with zero attached hydrogens (tertiary/aromatic N) is 1. The zero-order valence-corrected chi connectivity index (χ0v) is 9.80. The topological polar surface area (TPSA) is 87.5 Å². The number of oxazole rings is 1. The summed E-state index contributed by atoms with van der Waals surface area (Å²) in [4.78, 5) is 23.0. The maximum Gasteiger partial charge on any atom is 0.419 e. The van der Waals surface area contributed by atoms with Crippen molar-refractivity contribution < 1.29 is 13.9 Å².